The average Bonchev–Trinajstić information content (AvgIpc) is 2.78. The fraction of sp³-hybridized carbons (Fsp3) is 0.318. The zero-order valence-corrected chi connectivity index (χ0v) is 16.8. The Morgan fingerprint density at radius 2 is 1.80 bits per heavy atom. The minimum atomic E-state index is -1.27. The van der Waals surface area contributed by atoms with E-state index in [-0.39, 0.29) is 5.91 Å². The highest BCUT2D eigenvalue weighted by molar-refractivity contribution is 5.82. The molecule has 3 rings (SSSR count). The van der Waals surface area contributed by atoms with Gasteiger partial charge in [0.25, 0.3) is 0 Å². The summed E-state index contributed by atoms with van der Waals surface area (Å²) in [5.74, 6) is -0.961. The van der Waals surface area contributed by atoms with E-state index in [4.69, 9.17) is 4.74 Å². The number of carbonyl (C=O) groups excluding carboxylic acids is 2. The van der Waals surface area contributed by atoms with Crippen LogP contribution in [-0.2, 0) is 9.59 Å². The Kier molecular flexibility index (Phi) is 7.79. The molecule has 30 heavy (non-hydrogen) atoms. The van der Waals surface area contributed by atoms with Gasteiger partial charge in [-0.1, -0.05) is 18.2 Å². The molecule has 0 aromatic heterocycles. The number of quaternary nitrogens is 1. The maximum atomic E-state index is 12.0. The SMILES string of the molecule is O=C([O-])COc1ccc(/C=N\NC(=O)CC[NH+]2CCN(c3ccccc3)CC2)cc1. The Morgan fingerprint density at radius 1 is 1.10 bits per heavy atom. The summed E-state index contributed by atoms with van der Waals surface area (Å²) in [6, 6.07) is 17.1. The number of ether oxygens (including phenoxy) is 1. The van der Waals surface area contributed by atoms with Crippen molar-refractivity contribution >= 4 is 23.8 Å². The lowest BCUT2D eigenvalue weighted by molar-refractivity contribution is -0.900. The van der Waals surface area contributed by atoms with Crippen LogP contribution in [0.15, 0.2) is 59.7 Å². The molecule has 1 heterocycles. The van der Waals surface area contributed by atoms with E-state index in [1.807, 2.05) is 6.07 Å². The van der Waals surface area contributed by atoms with Crippen molar-refractivity contribution in [3.05, 3.63) is 60.2 Å². The molecule has 1 aliphatic rings. The molecular formula is C22H26N4O4. The summed E-state index contributed by atoms with van der Waals surface area (Å²) >= 11 is 0. The number of carboxylic acids is 1. The fourth-order valence-electron chi connectivity index (χ4n) is 3.29. The summed E-state index contributed by atoms with van der Waals surface area (Å²) in [7, 11) is 0. The molecule has 1 aliphatic heterocycles. The number of carbonyl (C=O) groups is 2. The summed E-state index contributed by atoms with van der Waals surface area (Å²) in [4.78, 5) is 26.2. The van der Waals surface area contributed by atoms with E-state index in [0.717, 1.165) is 38.3 Å². The summed E-state index contributed by atoms with van der Waals surface area (Å²) in [5.41, 5.74) is 4.56. The molecule has 0 saturated carbocycles. The van der Waals surface area contributed by atoms with Gasteiger partial charge in [0.2, 0.25) is 5.91 Å². The zero-order valence-electron chi connectivity index (χ0n) is 16.8. The predicted molar refractivity (Wildman–Crippen MR) is 112 cm³/mol. The first-order valence-electron chi connectivity index (χ1n) is 9.98. The molecule has 2 aromatic carbocycles. The van der Waals surface area contributed by atoms with Gasteiger partial charge in [-0.25, -0.2) is 5.43 Å². The van der Waals surface area contributed by atoms with E-state index in [2.05, 4.69) is 39.7 Å². The highest BCUT2D eigenvalue weighted by atomic mass is 16.5. The van der Waals surface area contributed by atoms with Crippen LogP contribution in [0.4, 0.5) is 5.69 Å². The van der Waals surface area contributed by atoms with Gasteiger partial charge in [0.1, 0.15) is 12.4 Å². The van der Waals surface area contributed by atoms with Crippen LogP contribution in [0.25, 0.3) is 0 Å². The van der Waals surface area contributed by atoms with Crippen LogP contribution in [0.1, 0.15) is 12.0 Å². The highest BCUT2D eigenvalue weighted by Crippen LogP contribution is 2.12. The number of benzene rings is 2. The first-order chi connectivity index (χ1) is 14.6. The van der Waals surface area contributed by atoms with E-state index in [1.54, 1.807) is 24.3 Å². The van der Waals surface area contributed by atoms with Crippen molar-refractivity contribution in [2.24, 2.45) is 5.10 Å². The smallest absolute Gasteiger partial charge is 0.245 e. The molecule has 0 radical (unpaired) electrons. The van der Waals surface area contributed by atoms with Crippen molar-refractivity contribution in [1.29, 1.82) is 0 Å². The van der Waals surface area contributed by atoms with Crippen LogP contribution in [0.5, 0.6) is 5.75 Å². The molecule has 1 saturated heterocycles. The molecule has 1 amide bonds. The number of hydrogen-bond donors (Lipinski definition) is 2. The quantitative estimate of drug-likeness (QED) is 0.411. The first-order valence-corrected chi connectivity index (χ1v) is 9.98. The van der Waals surface area contributed by atoms with Crippen LogP contribution in [0.2, 0.25) is 0 Å². The molecule has 2 aromatic rings. The summed E-state index contributed by atoms with van der Waals surface area (Å²) in [6.07, 6.45) is 1.96. The Hall–Kier alpha value is -3.39. The van der Waals surface area contributed by atoms with E-state index in [9.17, 15) is 14.7 Å². The lowest BCUT2D eigenvalue weighted by Gasteiger charge is -2.33. The van der Waals surface area contributed by atoms with E-state index >= 15 is 0 Å². The van der Waals surface area contributed by atoms with Crippen LogP contribution < -0.4 is 25.1 Å². The molecule has 0 unspecified atom stereocenters. The third-order valence-electron chi connectivity index (χ3n) is 4.94. The predicted octanol–water partition coefficient (Wildman–Crippen LogP) is -0.939. The number of anilines is 1. The van der Waals surface area contributed by atoms with Crippen LogP contribution in [0, 0.1) is 0 Å². The van der Waals surface area contributed by atoms with Gasteiger partial charge in [0, 0.05) is 5.69 Å². The van der Waals surface area contributed by atoms with Crippen LogP contribution in [-0.4, -0.2) is 57.4 Å². The Labute approximate surface area is 175 Å². The molecule has 0 bridgehead atoms. The summed E-state index contributed by atoms with van der Waals surface area (Å²) in [5, 5.41) is 14.3. The molecule has 8 heteroatoms. The molecule has 158 valence electrons. The standard InChI is InChI=1S/C22H26N4O4/c27-21(24-23-16-18-6-8-20(9-7-18)30-17-22(28)29)10-11-25-12-14-26(15-13-25)19-4-2-1-3-5-19/h1-9,16H,10-15,17H2,(H,24,27)(H,28,29)/b23-16-. The van der Waals surface area contributed by atoms with Crippen LogP contribution in [0.3, 0.4) is 0 Å². The van der Waals surface area contributed by atoms with E-state index in [0.29, 0.717) is 12.2 Å². The Balaban J connectivity index is 1.33. The number of amides is 1. The van der Waals surface area contributed by atoms with Crippen molar-refractivity contribution < 1.29 is 24.3 Å². The number of hydrazone groups is 1. The molecular weight excluding hydrogens is 384 g/mol. The Bertz CT molecular complexity index is 847. The first kappa shape index (κ1) is 21.3. The minimum Gasteiger partial charge on any atom is -0.546 e. The van der Waals surface area contributed by atoms with Gasteiger partial charge in [-0.2, -0.15) is 5.10 Å². The van der Waals surface area contributed by atoms with Crippen molar-refractivity contribution in [1.82, 2.24) is 5.43 Å². The van der Waals surface area contributed by atoms with E-state index < -0.39 is 12.6 Å². The van der Waals surface area contributed by atoms with Gasteiger partial charge in [0.05, 0.1) is 51.3 Å². The number of nitrogens with one attached hydrogen (secondary N) is 2. The lowest BCUT2D eigenvalue weighted by atomic mass is 10.2. The largest absolute Gasteiger partial charge is 0.546 e. The van der Waals surface area contributed by atoms with Crippen molar-refractivity contribution in [2.45, 2.75) is 6.42 Å². The van der Waals surface area contributed by atoms with Gasteiger partial charge in [-0.3, -0.25) is 4.79 Å². The molecule has 0 atom stereocenters. The van der Waals surface area contributed by atoms with Crippen molar-refractivity contribution in [3.63, 3.8) is 0 Å². The third kappa shape index (κ3) is 6.89. The molecule has 0 aliphatic carbocycles. The second-order valence-electron chi connectivity index (χ2n) is 7.10. The number of piperazine rings is 1. The van der Waals surface area contributed by atoms with Gasteiger partial charge in [-0.05, 0) is 42.0 Å². The Morgan fingerprint density at radius 3 is 2.47 bits per heavy atom. The van der Waals surface area contributed by atoms with E-state index in [1.165, 1.54) is 16.8 Å². The maximum absolute atomic E-state index is 12.0. The second kappa shape index (κ2) is 11.0. The number of nitrogens with zero attached hydrogens (tertiary/aromatic N) is 2. The number of rotatable bonds is 9. The van der Waals surface area contributed by atoms with Gasteiger partial charge < -0.3 is 24.4 Å². The van der Waals surface area contributed by atoms with Gasteiger partial charge >= 0.3 is 0 Å². The average molecular weight is 410 g/mol. The number of hydrogen-bond acceptors (Lipinski definition) is 6. The topological polar surface area (TPSA) is 98.5 Å². The molecule has 8 nitrogen and oxygen atoms in total. The van der Waals surface area contributed by atoms with Crippen molar-refractivity contribution in [2.75, 3.05) is 44.2 Å². The highest BCUT2D eigenvalue weighted by Gasteiger charge is 2.20. The molecule has 1 fully saturated rings. The van der Waals surface area contributed by atoms with Crippen LogP contribution >= 0.6 is 0 Å². The zero-order chi connectivity index (χ0) is 21.2. The summed E-state index contributed by atoms with van der Waals surface area (Å²) < 4.78 is 5.00. The molecule has 2 N–H and O–H groups in total. The molecule has 0 spiro atoms. The fourth-order valence-corrected chi connectivity index (χ4v) is 3.29. The van der Waals surface area contributed by atoms with Crippen molar-refractivity contribution in [3.8, 4) is 5.75 Å². The minimum absolute atomic E-state index is 0.113. The second-order valence-corrected chi connectivity index (χ2v) is 7.10. The maximum Gasteiger partial charge on any atom is 0.245 e. The van der Waals surface area contributed by atoms with Gasteiger partial charge in [0.15, 0.2) is 0 Å². The number of aliphatic carboxylic acids is 1. The normalized spacial score (nSPS) is 14.6. The summed E-state index contributed by atoms with van der Waals surface area (Å²) in [6.45, 7) is 4.29. The number of carboxylic acid groups (broad SMARTS) is 1. The monoisotopic (exact) mass is 410 g/mol. The lowest BCUT2D eigenvalue weighted by Crippen LogP contribution is -3.15. The van der Waals surface area contributed by atoms with Gasteiger partial charge in [-0.15, -0.1) is 0 Å². The number of para-hydroxylation sites is 1. The third-order valence-corrected chi connectivity index (χ3v) is 4.94.